The van der Waals surface area contributed by atoms with Crippen LogP contribution < -0.4 is 10.5 Å². The van der Waals surface area contributed by atoms with Gasteiger partial charge in [0.2, 0.25) is 5.78 Å². The van der Waals surface area contributed by atoms with E-state index in [1.807, 2.05) is 0 Å². The summed E-state index contributed by atoms with van der Waals surface area (Å²) in [5.41, 5.74) is 3.65. The summed E-state index contributed by atoms with van der Waals surface area (Å²) in [5, 5.41) is 44.7. The molecule has 1 heterocycles. The number of Topliss-reactive ketones (excluding diaryl/α,β-unsaturated/α-hetero) is 2. The van der Waals surface area contributed by atoms with Gasteiger partial charge in [-0.3, -0.25) is 19.4 Å². The van der Waals surface area contributed by atoms with Gasteiger partial charge in [0, 0.05) is 29.2 Å². The number of pyridine rings is 1. The topological polar surface area (TPSA) is 180 Å². The van der Waals surface area contributed by atoms with E-state index in [2.05, 4.69) is 4.98 Å². The fraction of sp³-hybridized carbons (Fsp3) is 0.357. The number of rotatable bonds is 4. The van der Waals surface area contributed by atoms with Gasteiger partial charge in [-0.05, 0) is 47.9 Å². The van der Waals surface area contributed by atoms with Crippen molar-refractivity contribution < 1.29 is 39.5 Å². The number of benzene rings is 1. The van der Waals surface area contributed by atoms with Gasteiger partial charge in [-0.25, -0.2) is 0 Å². The minimum atomic E-state index is -2.63. The second-order valence-corrected chi connectivity index (χ2v) is 10.4. The van der Waals surface area contributed by atoms with E-state index in [0.717, 1.165) is 0 Å². The zero-order chi connectivity index (χ0) is 27.7. The highest BCUT2D eigenvalue weighted by molar-refractivity contribution is 6.23. The number of hydrogen-bond acceptors (Lipinski definition) is 9. The van der Waals surface area contributed by atoms with Crippen LogP contribution in [-0.4, -0.2) is 55.6 Å². The molecular weight excluding hydrogens is 492 g/mol. The minimum absolute atomic E-state index is 0.0258. The number of amides is 1. The van der Waals surface area contributed by atoms with Crippen molar-refractivity contribution in [1.82, 2.24) is 4.98 Å². The summed E-state index contributed by atoms with van der Waals surface area (Å²) in [6.07, 6.45) is 3.40. The molecule has 1 fully saturated rings. The fourth-order valence-corrected chi connectivity index (χ4v) is 6.43. The van der Waals surface area contributed by atoms with E-state index in [1.165, 1.54) is 13.2 Å². The van der Waals surface area contributed by atoms with Gasteiger partial charge in [-0.1, -0.05) is 19.9 Å². The van der Waals surface area contributed by atoms with Crippen LogP contribution in [0.4, 0.5) is 0 Å². The quantitative estimate of drug-likeness (QED) is 0.378. The number of ether oxygens (including phenoxy) is 1. The number of carbonyl (C=O) groups excluding carboxylic acids is 3. The van der Waals surface area contributed by atoms with Gasteiger partial charge in [0.1, 0.15) is 28.6 Å². The van der Waals surface area contributed by atoms with Crippen LogP contribution in [0.3, 0.4) is 0 Å². The summed E-state index contributed by atoms with van der Waals surface area (Å²) in [7, 11) is 1.51. The van der Waals surface area contributed by atoms with Crippen molar-refractivity contribution in [3.05, 3.63) is 58.6 Å². The molecule has 0 unspecified atom stereocenters. The lowest BCUT2D eigenvalue weighted by atomic mass is 9.54. The number of aromatic hydroxyl groups is 1. The van der Waals surface area contributed by atoms with E-state index in [1.54, 1.807) is 38.4 Å². The Morgan fingerprint density at radius 1 is 1.18 bits per heavy atom. The van der Waals surface area contributed by atoms with Crippen molar-refractivity contribution >= 4 is 23.2 Å². The number of aliphatic hydroxyl groups excluding tert-OH is 2. The molecule has 0 spiro atoms. The average Bonchev–Trinajstić information content (AvgIpc) is 2.86. The Labute approximate surface area is 218 Å². The van der Waals surface area contributed by atoms with Crippen molar-refractivity contribution in [3.8, 4) is 22.6 Å². The molecule has 4 atom stereocenters. The number of aliphatic hydroxyl groups is 3. The Morgan fingerprint density at radius 3 is 2.53 bits per heavy atom. The zero-order valence-electron chi connectivity index (χ0n) is 21.1. The minimum Gasteiger partial charge on any atom is -0.508 e. The summed E-state index contributed by atoms with van der Waals surface area (Å²) >= 11 is 0. The molecule has 3 aliphatic carbocycles. The first-order valence-corrected chi connectivity index (χ1v) is 12.3. The Hall–Kier alpha value is -4.18. The molecule has 3 aliphatic rings. The first-order valence-electron chi connectivity index (χ1n) is 12.3. The lowest BCUT2D eigenvalue weighted by molar-refractivity contribution is -0.155. The molecule has 0 bridgehead atoms. The molecule has 38 heavy (non-hydrogen) atoms. The molecule has 10 heteroatoms. The van der Waals surface area contributed by atoms with Crippen molar-refractivity contribution in [2.75, 3.05) is 7.11 Å². The van der Waals surface area contributed by atoms with Crippen LogP contribution in [-0.2, 0) is 20.8 Å². The van der Waals surface area contributed by atoms with Gasteiger partial charge in [-0.15, -0.1) is 0 Å². The maximum Gasteiger partial charge on any atom is 0.255 e. The summed E-state index contributed by atoms with van der Waals surface area (Å²) in [6.45, 7) is 3.44. The average molecular weight is 521 g/mol. The number of aromatic nitrogens is 1. The van der Waals surface area contributed by atoms with Crippen LogP contribution in [0.2, 0.25) is 0 Å². The second-order valence-electron chi connectivity index (χ2n) is 10.4. The Bertz CT molecular complexity index is 1470. The van der Waals surface area contributed by atoms with Gasteiger partial charge in [-0.2, -0.15) is 0 Å². The third-order valence-corrected chi connectivity index (χ3v) is 8.11. The number of hydrogen-bond donors (Lipinski definition) is 5. The van der Waals surface area contributed by atoms with Crippen molar-refractivity contribution in [1.29, 1.82) is 0 Å². The first-order chi connectivity index (χ1) is 17.9. The number of methoxy groups -OCH3 is 1. The lowest BCUT2D eigenvalue weighted by Crippen LogP contribution is -2.62. The Kier molecular flexibility index (Phi) is 5.83. The maximum atomic E-state index is 13.9. The normalized spacial score (nSPS) is 26.7. The van der Waals surface area contributed by atoms with E-state index in [9.17, 15) is 34.8 Å². The van der Waals surface area contributed by atoms with Crippen LogP contribution in [0.15, 0.2) is 47.5 Å². The molecule has 1 aromatic heterocycles. The Morgan fingerprint density at radius 2 is 1.89 bits per heavy atom. The second kappa shape index (κ2) is 8.70. The first kappa shape index (κ1) is 25.5. The van der Waals surface area contributed by atoms with Gasteiger partial charge < -0.3 is 30.9 Å². The number of ketones is 2. The highest BCUT2D eigenvalue weighted by atomic mass is 16.5. The number of nitrogens with zero attached hydrogens (tertiary/aromatic N) is 1. The van der Waals surface area contributed by atoms with Crippen molar-refractivity contribution in [2.24, 2.45) is 29.4 Å². The van der Waals surface area contributed by atoms with E-state index >= 15 is 0 Å². The number of primary amides is 1. The molecule has 198 valence electrons. The maximum absolute atomic E-state index is 13.9. The number of fused-ring (bicyclic) bond motifs is 3. The smallest absolute Gasteiger partial charge is 0.255 e. The SMILES string of the molecule is COc1cncc(-c2ccc(O)c3c2C[C@H]2C[C@H]4[C@H](C(C)C)C(=O)C(C(N)=O)=C(O)[C@@]4(O)C(=O)C2=C3O)c1. The molecule has 2 aromatic rings. The summed E-state index contributed by atoms with van der Waals surface area (Å²) in [5.74, 6) is -7.46. The number of carbonyl (C=O) groups is 3. The molecule has 0 saturated heterocycles. The molecule has 10 nitrogen and oxygen atoms in total. The van der Waals surface area contributed by atoms with Crippen molar-refractivity contribution in [2.45, 2.75) is 32.3 Å². The summed E-state index contributed by atoms with van der Waals surface area (Å²) < 4.78 is 5.28. The third kappa shape index (κ3) is 3.36. The van der Waals surface area contributed by atoms with Crippen LogP contribution in [0.1, 0.15) is 31.4 Å². The van der Waals surface area contributed by atoms with Crippen LogP contribution in [0.5, 0.6) is 11.5 Å². The molecule has 1 amide bonds. The molecule has 5 rings (SSSR count). The summed E-state index contributed by atoms with van der Waals surface area (Å²) in [4.78, 5) is 43.4. The van der Waals surface area contributed by atoms with E-state index in [0.29, 0.717) is 22.4 Å². The predicted octanol–water partition coefficient (Wildman–Crippen LogP) is 2.38. The lowest BCUT2D eigenvalue weighted by Gasteiger charge is -2.50. The molecule has 1 saturated carbocycles. The molecule has 1 aromatic carbocycles. The predicted molar refractivity (Wildman–Crippen MR) is 135 cm³/mol. The van der Waals surface area contributed by atoms with E-state index in [4.69, 9.17) is 10.5 Å². The fourth-order valence-electron chi connectivity index (χ4n) is 6.43. The van der Waals surface area contributed by atoms with Gasteiger partial charge in [0.15, 0.2) is 11.4 Å². The van der Waals surface area contributed by atoms with Crippen LogP contribution in [0, 0.1) is 23.7 Å². The van der Waals surface area contributed by atoms with Crippen molar-refractivity contribution in [3.63, 3.8) is 0 Å². The molecular formula is C28H28N2O8. The Balaban J connectivity index is 1.73. The monoisotopic (exact) mass is 520 g/mol. The van der Waals surface area contributed by atoms with E-state index in [-0.39, 0.29) is 29.7 Å². The number of nitrogens with two attached hydrogens (primary N) is 1. The molecule has 0 radical (unpaired) electrons. The number of phenols is 1. The highest BCUT2D eigenvalue weighted by Crippen LogP contribution is 2.55. The van der Waals surface area contributed by atoms with Crippen LogP contribution in [0.25, 0.3) is 16.9 Å². The van der Waals surface area contributed by atoms with Gasteiger partial charge >= 0.3 is 0 Å². The third-order valence-electron chi connectivity index (χ3n) is 8.11. The largest absolute Gasteiger partial charge is 0.508 e. The number of phenolic OH excluding ortho intramolecular Hbond substituents is 1. The van der Waals surface area contributed by atoms with Crippen LogP contribution >= 0.6 is 0 Å². The highest BCUT2D eigenvalue weighted by Gasteiger charge is 2.64. The molecule has 6 N–H and O–H groups in total. The zero-order valence-corrected chi connectivity index (χ0v) is 21.1. The van der Waals surface area contributed by atoms with Gasteiger partial charge in [0.05, 0.1) is 18.9 Å². The van der Waals surface area contributed by atoms with Gasteiger partial charge in [0.25, 0.3) is 5.91 Å². The molecule has 0 aliphatic heterocycles. The van der Waals surface area contributed by atoms with E-state index < -0.39 is 63.8 Å². The summed E-state index contributed by atoms with van der Waals surface area (Å²) in [6, 6.07) is 4.81. The standard InChI is InChI=1S/C28H28N2O8/c1-11(2)19-17-8-12-7-16-15(13-6-14(38-3)10-30-9-13)4-5-18(31)21(16)24(33)20(12)25(34)28(17,37)26(35)22(23(19)32)27(29)36/h4-6,9-12,17,19,31,33,35,37H,7-8H2,1-3H3,(H2,29,36)/t12-,17-,19-,28-/m0/s1.